The largest absolute Gasteiger partial charge is 0.370 e. The summed E-state index contributed by atoms with van der Waals surface area (Å²) in [4.78, 5) is 14.6. The van der Waals surface area contributed by atoms with Crippen molar-refractivity contribution in [2.45, 2.75) is 37.8 Å². The summed E-state index contributed by atoms with van der Waals surface area (Å²) in [6.45, 7) is 2.03. The van der Waals surface area contributed by atoms with E-state index in [0.29, 0.717) is 19.7 Å². The van der Waals surface area contributed by atoms with E-state index in [-0.39, 0.29) is 24.0 Å². The summed E-state index contributed by atoms with van der Waals surface area (Å²) in [7, 11) is 0. The molecule has 0 bridgehead atoms. The van der Waals surface area contributed by atoms with E-state index in [1.807, 2.05) is 4.90 Å². The third-order valence-electron chi connectivity index (χ3n) is 4.36. The molecule has 2 aliphatic rings. The lowest BCUT2D eigenvalue weighted by molar-refractivity contribution is -0.144. The molecule has 1 aliphatic carbocycles. The molecule has 0 radical (unpaired) electrons. The van der Waals surface area contributed by atoms with Crippen molar-refractivity contribution in [2.24, 2.45) is 11.7 Å². The van der Waals surface area contributed by atoms with Gasteiger partial charge in [0.25, 0.3) is 0 Å². The Kier molecular flexibility index (Phi) is 4.38. The average molecular weight is 294 g/mol. The molecule has 1 amide bonds. The van der Waals surface area contributed by atoms with Gasteiger partial charge in [0, 0.05) is 18.5 Å². The Bertz CT molecular complexity index is 449. The Morgan fingerprint density at radius 2 is 2.35 bits per heavy atom. The van der Waals surface area contributed by atoms with Gasteiger partial charge in [0.05, 0.1) is 13.2 Å². The topological polar surface area (TPSA) is 55.6 Å². The summed E-state index contributed by atoms with van der Waals surface area (Å²) in [5.41, 5.74) is 7.19. The van der Waals surface area contributed by atoms with E-state index in [0.717, 1.165) is 25.7 Å². The first-order valence-electron chi connectivity index (χ1n) is 7.42. The molecular formula is C15H22N2O2S. The molecule has 3 rings (SSSR count). The fraction of sp³-hybridized carbons (Fsp3) is 0.667. The van der Waals surface area contributed by atoms with Crippen molar-refractivity contribution >= 4 is 17.2 Å². The number of carbonyl (C=O) groups excluding carboxylic acids is 1. The lowest BCUT2D eigenvalue weighted by Crippen LogP contribution is -2.46. The van der Waals surface area contributed by atoms with Crippen molar-refractivity contribution in [3.63, 3.8) is 0 Å². The minimum Gasteiger partial charge on any atom is -0.370 e. The number of nitrogens with two attached hydrogens (primary N) is 1. The van der Waals surface area contributed by atoms with E-state index in [9.17, 15) is 4.79 Å². The molecule has 1 saturated heterocycles. The van der Waals surface area contributed by atoms with Crippen LogP contribution in [0.3, 0.4) is 0 Å². The van der Waals surface area contributed by atoms with Crippen molar-refractivity contribution in [1.29, 1.82) is 0 Å². The number of nitrogens with zero attached hydrogens (tertiary/aromatic N) is 1. The standard InChI is InChI=1S/C15H22N2O2S/c16-13-3-1-2-11(8-13)15(18)17-5-6-19-14(9-17)12-4-7-20-10-12/h4,7,10-11,13-14H,1-3,5-6,8-9,16H2. The maximum atomic E-state index is 12.6. The summed E-state index contributed by atoms with van der Waals surface area (Å²) in [5.74, 6) is 0.406. The fourth-order valence-electron chi connectivity index (χ4n) is 3.22. The van der Waals surface area contributed by atoms with Gasteiger partial charge in [-0.3, -0.25) is 4.79 Å². The van der Waals surface area contributed by atoms with Gasteiger partial charge in [-0.1, -0.05) is 6.42 Å². The second-order valence-electron chi connectivity index (χ2n) is 5.82. The van der Waals surface area contributed by atoms with Gasteiger partial charge < -0.3 is 15.4 Å². The molecule has 1 saturated carbocycles. The highest BCUT2D eigenvalue weighted by Crippen LogP contribution is 2.28. The highest BCUT2D eigenvalue weighted by atomic mass is 32.1. The molecule has 1 aromatic rings. The van der Waals surface area contributed by atoms with E-state index >= 15 is 0 Å². The van der Waals surface area contributed by atoms with Crippen molar-refractivity contribution in [3.05, 3.63) is 22.4 Å². The van der Waals surface area contributed by atoms with E-state index in [1.54, 1.807) is 11.3 Å². The number of hydrogen-bond acceptors (Lipinski definition) is 4. The first-order chi connectivity index (χ1) is 9.74. The van der Waals surface area contributed by atoms with Crippen molar-refractivity contribution in [1.82, 2.24) is 4.90 Å². The van der Waals surface area contributed by atoms with E-state index in [4.69, 9.17) is 10.5 Å². The minimum atomic E-state index is 0.0382. The number of rotatable bonds is 2. The zero-order valence-electron chi connectivity index (χ0n) is 11.7. The van der Waals surface area contributed by atoms with E-state index < -0.39 is 0 Å². The van der Waals surface area contributed by atoms with Crippen molar-refractivity contribution in [3.8, 4) is 0 Å². The highest BCUT2D eigenvalue weighted by Gasteiger charge is 2.32. The second-order valence-corrected chi connectivity index (χ2v) is 6.60. The SMILES string of the molecule is NC1CCCC(C(=O)N2CCOC(c3ccsc3)C2)C1. The van der Waals surface area contributed by atoms with Gasteiger partial charge in [0.2, 0.25) is 5.91 Å². The summed E-state index contributed by atoms with van der Waals surface area (Å²) in [6.07, 6.45) is 4.02. The van der Waals surface area contributed by atoms with Crippen molar-refractivity contribution < 1.29 is 9.53 Å². The van der Waals surface area contributed by atoms with Gasteiger partial charge in [-0.15, -0.1) is 0 Å². The molecular weight excluding hydrogens is 272 g/mol. The van der Waals surface area contributed by atoms with Crippen LogP contribution in [0.5, 0.6) is 0 Å². The predicted octanol–water partition coefficient (Wildman–Crippen LogP) is 2.17. The summed E-state index contributed by atoms with van der Waals surface area (Å²) in [6, 6.07) is 2.28. The Balaban J connectivity index is 1.63. The van der Waals surface area contributed by atoms with Crippen LogP contribution in [0, 0.1) is 5.92 Å². The number of hydrogen-bond donors (Lipinski definition) is 1. The molecule has 0 spiro atoms. The highest BCUT2D eigenvalue weighted by molar-refractivity contribution is 7.07. The number of thiophene rings is 1. The Morgan fingerprint density at radius 3 is 3.10 bits per heavy atom. The summed E-state index contributed by atoms with van der Waals surface area (Å²) in [5, 5.41) is 4.16. The van der Waals surface area contributed by atoms with Gasteiger partial charge in [0.1, 0.15) is 6.10 Å². The second kappa shape index (κ2) is 6.24. The number of morpholine rings is 1. The van der Waals surface area contributed by atoms with Gasteiger partial charge in [-0.25, -0.2) is 0 Å². The monoisotopic (exact) mass is 294 g/mol. The summed E-state index contributed by atoms with van der Waals surface area (Å²) < 4.78 is 5.80. The van der Waals surface area contributed by atoms with Crippen LogP contribution in [0.4, 0.5) is 0 Å². The average Bonchev–Trinajstić information content (AvgIpc) is 3.01. The van der Waals surface area contributed by atoms with Crippen LogP contribution < -0.4 is 5.73 Å². The molecule has 4 nitrogen and oxygen atoms in total. The number of carbonyl (C=O) groups is 1. The molecule has 2 fully saturated rings. The quantitative estimate of drug-likeness (QED) is 0.909. The molecule has 110 valence electrons. The molecule has 1 aromatic heterocycles. The Morgan fingerprint density at radius 1 is 1.45 bits per heavy atom. The van der Waals surface area contributed by atoms with Gasteiger partial charge >= 0.3 is 0 Å². The van der Waals surface area contributed by atoms with Crippen LogP contribution in [0.1, 0.15) is 37.4 Å². The third kappa shape index (κ3) is 3.05. The first kappa shape index (κ1) is 14.0. The van der Waals surface area contributed by atoms with E-state index in [1.165, 1.54) is 5.56 Å². The van der Waals surface area contributed by atoms with E-state index in [2.05, 4.69) is 16.8 Å². The zero-order chi connectivity index (χ0) is 13.9. The molecule has 20 heavy (non-hydrogen) atoms. The maximum Gasteiger partial charge on any atom is 0.225 e. The van der Waals surface area contributed by atoms with Gasteiger partial charge in [0.15, 0.2) is 0 Å². The van der Waals surface area contributed by atoms with Crippen LogP contribution in [0.15, 0.2) is 16.8 Å². The Labute approximate surface area is 123 Å². The maximum absolute atomic E-state index is 12.6. The molecule has 3 atom stereocenters. The normalized spacial score (nSPS) is 31.2. The van der Waals surface area contributed by atoms with Crippen LogP contribution in [-0.2, 0) is 9.53 Å². The first-order valence-corrected chi connectivity index (χ1v) is 8.36. The van der Waals surface area contributed by atoms with Crippen LogP contribution in [-0.4, -0.2) is 36.5 Å². The molecule has 0 aromatic carbocycles. The molecule has 2 heterocycles. The minimum absolute atomic E-state index is 0.0382. The van der Waals surface area contributed by atoms with Crippen LogP contribution >= 0.6 is 11.3 Å². The Hall–Kier alpha value is -0.910. The van der Waals surface area contributed by atoms with Crippen molar-refractivity contribution in [2.75, 3.05) is 19.7 Å². The number of ether oxygens (including phenoxy) is 1. The predicted molar refractivity (Wildman–Crippen MR) is 79.5 cm³/mol. The number of amides is 1. The lowest BCUT2D eigenvalue weighted by atomic mass is 9.85. The molecule has 3 unspecified atom stereocenters. The smallest absolute Gasteiger partial charge is 0.225 e. The summed E-state index contributed by atoms with van der Waals surface area (Å²) >= 11 is 1.67. The fourth-order valence-corrected chi connectivity index (χ4v) is 3.92. The lowest BCUT2D eigenvalue weighted by Gasteiger charge is -2.36. The molecule has 2 N–H and O–H groups in total. The van der Waals surface area contributed by atoms with Gasteiger partial charge in [-0.05, 0) is 41.7 Å². The zero-order valence-corrected chi connectivity index (χ0v) is 12.5. The molecule has 5 heteroatoms. The third-order valence-corrected chi connectivity index (χ3v) is 5.06. The van der Waals surface area contributed by atoms with Crippen LogP contribution in [0.2, 0.25) is 0 Å². The van der Waals surface area contributed by atoms with Gasteiger partial charge in [-0.2, -0.15) is 11.3 Å². The van der Waals surface area contributed by atoms with Crippen LogP contribution in [0.25, 0.3) is 0 Å². The molecule has 1 aliphatic heterocycles.